The van der Waals surface area contributed by atoms with Gasteiger partial charge < -0.3 is 5.32 Å². The Morgan fingerprint density at radius 2 is 2.05 bits per heavy atom. The third-order valence-electron chi connectivity index (χ3n) is 2.74. The van der Waals surface area contributed by atoms with E-state index in [-0.39, 0.29) is 5.69 Å². The van der Waals surface area contributed by atoms with E-state index in [4.69, 9.17) is 0 Å². The minimum absolute atomic E-state index is 0.0147. The molecule has 1 aromatic heterocycles. The second kappa shape index (κ2) is 5.36. The molecule has 20 heavy (non-hydrogen) atoms. The summed E-state index contributed by atoms with van der Waals surface area (Å²) in [5.41, 5.74) is 2.08. The Bertz CT molecular complexity index is 619. The van der Waals surface area contributed by atoms with Crippen LogP contribution in [-0.2, 0) is 11.3 Å². The number of amides is 1. The van der Waals surface area contributed by atoms with Gasteiger partial charge in [-0.15, -0.1) is 0 Å². The number of nitrogens with one attached hydrogen (secondary N) is 1. The third kappa shape index (κ3) is 3.37. The van der Waals surface area contributed by atoms with Crippen molar-refractivity contribution in [2.45, 2.75) is 19.6 Å². The molecule has 0 aliphatic heterocycles. The molecule has 0 fully saturated rings. The van der Waals surface area contributed by atoms with Crippen molar-refractivity contribution >= 4 is 11.6 Å². The second-order valence-corrected chi connectivity index (χ2v) is 4.30. The SMILES string of the molecule is Cc1ccccc1Cn1cc(NC(=O)C(F)(F)F)cn1. The lowest BCUT2D eigenvalue weighted by Gasteiger charge is -2.06. The van der Waals surface area contributed by atoms with E-state index in [1.165, 1.54) is 17.1 Å². The molecule has 2 rings (SSSR count). The molecule has 0 radical (unpaired) electrons. The Kier molecular flexibility index (Phi) is 3.78. The lowest BCUT2D eigenvalue weighted by Crippen LogP contribution is -2.29. The Hall–Kier alpha value is -2.31. The molecule has 0 aliphatic rings. The van der Waals surface area contributed by atoms with Gasteiger partial charge >= 0.3 is 12.1 Å². The van der Waals surface area contributed by atoms with Gasteiger partial charge in [-0.25, -0.2) is 0 Å². The highest BCUT2D eigenvalue weighted by Gasteiger charge is 2.38. The first-order chi connectivity index (χ1) is 9.36. The van der Waals surface area contributed by atoms with Crippen molar-refractivity contribution in [3.8, 4) is 0 Å². The van der Waals surface area contributed by atoms with Gasteiger partial charge in [-0.2, -0.15) is 18.3 Å². The summed E-state index contributed by atoms with van der Waals surface area (Å²) in [7, 11) is 0. The lowest BCUT2D eigenvalue weighted by molar-refractivity contribution is -0.167. The van der Waals surface area contributed by atoms with E-state index < -0.39 is 12.1 Å². The molecule has 0 bridgehead atoms. The topological polar surface area (TPSA) is 46.9 Å². The second-order valence-electron chi connectivity index (χ2n) is 4.30. The van der Waals surface area contributed by atoms with Gasteiger partial charge in [0.2, 0.25) is 0 Å². The lowest BCUT2D eigenvalue weighted by atomic mass is 10.1. The van der Waals surface area contributed by atoms with Gasteiger partial charge in [0.15, 0.2) is 0 Å². The fraction of sp³-hybridized carbons (Fsp3) is 0.231. The molecule has 0 saturated carbocycles. The summed E-state index contributed by atoms with van der Waals surface area (Å²) in [6, 6.07) is 7.62. The number of carbonyl (C=O) groups is 1. The maximum atomic E-state index is 12.1. The smallest absolute Gasteiger partial charge is 0.316 e. The Labute approximate surface area is 113 Å². The van der Waals surface area contributed by atoms with Gasteiger partial charge in [-0.3, -0.25) is 9.48 Å². The zero-order valence-electron chi connectivity index (χ0n) is 10.6. The van der Waals surface area contributed by atoms with Gasteiger partial charge in [-0.05, 0) is 18.1 Å². The Balaban J connectivity index is 2.07. The Morgan fingerprint density at radius 1 is 1.35 bits per heavy atom. The molecule has 106 valence electrons. The van der Waals surface area contributed by atoms with Crippen molar-refractivity contribution in [2.75, 3.05) is 5.32 Å². The van der Waals surface area contributed by atoms with Crippen LogP contribution >= 0.6 is 0 Å². The number of carbonyl (C=O) groups excluding carboxylic acids is 1. The highest BCUT2D eigenvalue weighted by Crippen LogP contribution is 2.18. The summed E-state index contributed by atoms with van der Waals surface area (Å²) in [4.78, 5) is 10.8. The number of hydrogen-bond acceptors (Lipinski definition) is 2. The molecule has 0 atom stereocenters. The summed E-state index contributed by atoms with van der Waals surface area (Å²) >= 11 is 0. The maximum Gasteiger partial charge on any atom is 0.471 e. The summed E-state index contributed by atoms with van der Waals surface area (Å²) in [5.74, 6) is -2.01. The van der Waals surface area contributed by atoms with Crippen LogP contribution in [0.2, 0.25) is 0 Å². The highest BCUT2D eigenvalue weighted by atomic mass is 19.4. The van der Waals surface area contributed by atoms with Crippen molar-refractivity contribution in [1.82, 2.24) is 9.78 Å². The van der Waals surface area contributed by atoms with Gasteiger partial charge in [0.05, 0.1) is 18.4 Å². The van der Waals surface area contributed by atoms with E-state index in [1.54, 1.807) is 5.32 Å². The van der Waals surface area contributed by atoms with Gasteiger partial charge in [0.1, 0.15) is 0 Å². The Morgan fingerprint density at radius 3 is 2.70 bits per heavy atom. The molecular formula is C13H12F3N3O. The molecule has 1 amide bonds. The maximum absolute atomic E-state index is 12.1. The van der Waals surface area contributed by atoms with E-state index in [1.807, 2.05) is 31.2 Å². The summed E-state index contributed by atoms with van der Waals surface area (Å²) in [6.07, 6.45) is -2.36. The van der Waals surface area contributed by atoms with Crippen molar-refractivity contribution in [1.29, 1.82) is 0 Å². The molecule has 0 aliphatic carbocycles. The first-order valence-electron chi connectivity index (χ1n) is 5.81. The fourth-order valence-corrected chi connectivity index (χ4v) is 1.68. The van der Waals surface area contributed by atoms with E-state index in [0.717, 1.165) is 11.1 Å². The van der Waals surface area contributed by atoms with Crippen LogP contribution in [-0.4, -0.2) is 21.9 Å². The number of rotatable bonds is 3. The van der Waals surface area contributed by atoms with Crippen LogP contribution in [0.4, 0.5) is 18.9 Å². The fourth-order valence-electron chi connectivity index (χ4n) is 1.68. The van der Waals surface area contributed by atoms with Crippen LogP contribution in [0, 0.1) is 6.92 Å². The van der Waals surface area contributed by atoms with E-state index in [0.29, 0.717) is 6.54 Å². The molecule has 1 N–H and O–H groups in total. The number of alkyl halides is 3. The number of benzene rings is 1. The number of anilines is 1. The van der Waals surface area contributed by atoms with Crippen LogP contribution in [0.3, 0.4) is 0 Å². The zero-order chi connectivity index (χ0) is 14.8. The predicted octanol–water partition coefficient (Wildman–Crippen LogP) is 2.74. The van der Waals surface area contributed by atoms with Crippen LogP contribution in [0.25, 0.3) is 0 Å². The summed E-state index contributed by atoms with van der Waals surface area (Å²) in [6.45, 7) is 2.36. The molecule has 1 aromatic carbocycles. The van der Waals surface area contributed by atoms with Gasteiger partial charge in [0.25, 0.3) is 0 Å². The van der Waals surface area contributed by atoms with E-state index in [2.05, 4.69) is 5.10 Å². The molecule has 2 aromatic rings. The third-order valence-corrected chi connectivity index (χ3v) is 2.74. The molecule has 0 saturated heterocycles. The number of aryl methyl sites for hydroxylation is 1. The van der Waals surface area contributed by atoms with Crippen LogP contribution < -0.4 is 5.32 Å². The number of halogens is 3. The molecular weight excluding hydrogens is 271 g/mol. The predicted molar refractivity (Wildman–Crippen MR) is 67.2 cm³/mol. The summed E-state index contributed by atoms with van der Waals surface area (Å²) < 4.78 is 37.8. The minimum atomic E-state index is -4.90. The average molecular weight is 283 g/mol. The largest absolute Gasteiger partial charge is 0.471 e. The monoisotopic (exact) mass is 283 g/mol. The van der Waals surface area contributed by atoms with Crippen molar-refractivity contribution < 1.29 is 18.0 Å². The van der Waals surface area contributed by atoms with Crippen molar-refractivity contribution in [3.05, 3.63) is 47.8 Å². The first-order valence-corrected chi connectivity index (χ1v) is 5.81. The summed E-state index contributed by atoms with van der Waals surface area (Å²) in [5, 5.41) is 5.68. The minimum Gasteiger partial charge on any atom is -0.316 e. The molecule has 4 nitrogen and oxygen atoms in total. The standard InChI is InChI=1S/C13H12F3N3O/c1-9-4-2-3-5-10(9)7-19-8-11(6-17-19)18-12(20)13(14,15)16/h2-6,8H,7H2,1H3,(H,18,20). The molecule has 0 unspecified atom stereocenters. The molecule has 7 heteroatoms. The van der Waals surface area contributed by atoms with Crippen LogP contribution in [0.5, 0.6) is 0 Å². The van der Waals surface area contributed by atoms with Crippen LogP contribution in [0.15, 0.2) is 36.7 Å². The highest BCUT2D eigenvalue weighted by molar-refractivity contribution is 5.94. The van der Waals surface area contributed by atoms with Gasteiger partial charge in [-0.1, -0.05) is 24.3 Å². The quantitative estimate of drug-likeness (QED) is 0.941. The number of nitrogens with zero attached hydrogens (tertiary/aromatic N) is 2. The normalized spacial score (nSPS) is 11.4. The van der Waals surface area contributed by atoms with Crippen molar-refractivity contribution in [3.63, 3.8) is 0 Å². The van der Waals surface area contributed by atoms with Gasteiger partial charge in [0, 0.05) is 6.20 Å². The molecule has 1 heterocycles. The van der Waals surface area contributed by atoms with E-state index >= 15 is 0 Å². The van der Waals surface area contributed by atoms with E-state index in [9.17, 15) is 18.0 Å². The average Bonchev–Trinajstić information content (AvgIpc) is 2.78. The molecule has 0 spiro atoms. The first kappa shape index (κ1) is 14.1. The number of aromatic nitrogens is 2. The zero-order valence-corrected chi connectivity index (χ0v) is 10.6. The van der Waals surface area contributed by atoms with Crippen molar-refractivity contribution in [2.24, 2.45) is 0 Å². The number of hydrogen-bond donors (Lipinski definition) is 1. The van der Waals surface area contributed by atoms with Crippen LogP contribution in [0.1, 0.15) is 11.1 Å².